The van der Waals surface area contributed by atoms with Crippen molar-refractivity contribution < 1.29 is 5.48 Å². The topological polar surface area (TPSA) is 99.1 Å². The Labute approximate surface area is 114 Å². The predicted octanol–water partition coefficient (Wildman–Crippen LogP) is 2.01. The number of pyridine rings is 1. The summed E-state index contributed by atoms with van der Waals surface area (Å²) in [5.74, 6) is 1.31. The number of nitrogen functional groups attached to an aromatic ring is 1. The van der Waals surface area contributed by atoms with Gasteiger partial charge < -0.3 is 16.2 Å². The largest absolute Gasteiger partial charge is 0.412 e. The number of aromatic nitrogens is 3. The van der Waals surface area contributed by atoms with Gasteiger partial charge in [-0.05, 0) is 24.3 Å². The van der Waals surface area contributed by atoms with E-state index in [1.165, 1.54) is 0 Å². The molecule has 0 bridgehead atoms. The van der Waals surface area contributed by atoms with Crippen molar-refractivity contribution in [1.29, 1.82) is 0 Å². The third-order valence-electron chi connectivity index (χ3n) is 2.55. The lowest BCUT2D eigenvalue weighted by Crippen LogP contribution is -1.93. The zero-order chi connectivity index (χ0) is 12.4. The first-order valence-corrected chi connectivity index (χ1v) is 6.59. The van der Waals surface area contributed by atoms with Crippen molar-refractivity contribution in [3.8, 4) is 0 Å². The molecular formula is C13H14N4OS. The number of aromatic amines is 1. The van der Waals surface area contributed by atoms with E-state index >= 15 is 0 Å². The van der Waals surface area contributed by atoms with Gasteiger partial charge in [0.1, 0.15) is 5.82 Å². The summed E-state index contributed by atoms with van der Waals surface area (Å²) < 4.78 is 0. The SMILES string of the molecule is Nc1cccc(CSc2nc3ccccc3[nH]2)n1.O. The Hall–Kier alpha value is -2.05. The standard InChI is InChI=1S/C13H12N4S.H2O/c14-12-7-3-4-9(15-12)8-18-13-16-10-5-1-2-6-11(10)17-13;/h1-7H,8H2,(H2,14,15)(H,16,17);1H2. The predicted molar refractivity (Wildman–Crippen MR) is 77.9 cm³/mol. The second-order valence-electron chi connectivity index (χ2n) is 3.90. The second kappa shape index (κ2) is 5.73. The Morgan fingerprint density at radius 1 is 1.05 bits per heavy atom. The van der Waals surface area contributed by atoms with Gasteiger partial charge in [-0.15, -0.1) is 0 Å². The Kier molecular flexibility index (Phi) is 4.03. The van der Waals surface area contributed by atoms with Gasteiger partial charge in [-0.1, -0.05) is 30.0 Å². The van der Waals surface area contributed by atoms with Crippen LogP contribution in [0, 0.1) is 0 Å². The maximum absolute atomic E-state index is 5.65. The molecule has 1 aromatic carbocycles. The summed E-state index contributed by atoms with van der Waals surface area (Å²) in [6.45, 7) is 0. The summed E-state index contributed by atoms with van der Waals surface area (Å²) >= 11 is 1.62. The van der Waals surface area contributed by atoms with Crippen LogP contribution in [0.2, 0.25) is 0 Å². The molecule has 0 fully saturated rings. The fourth-order valence-corrected chi connectivity index (χ4v) is 2.51. The molecule has 2 aromatic heterocycles. The molecule has 98 valence electrons. The number of hydrogen-bond donors (Lipinski definition) is 2. The van der Waals surface area contributed by atoms with E-state index in [4.69, 9.17) is 5.73 Å². The fourth-order valence-electron chi connectivity index (χ4n) is 1.72. The van der Waals surface area contributed by atoms with E-state index in [0.29, 0.717) is 5.82 Å². The lowest BCUT2D eigenvalue weighted by Gasteiger charge is -1.99. The second-order valence-corrected chi connectivity index (χ2v) is 4.87. The summed E-state index contributed by atoms with van der Waals surface area (Å²) in [6, 6.07) is 13.7. The van der Waals surface area contributed by atoms with Crippen molar-refractivity contribution >= 4 is 28.6 Å². The Balaban J connectivity index is 0.00000133. The molecule has 0 spiro atoms. The van der Waals surface area contributed by atoms with Crippen molar-refractivity contribution in [2.75, 3.05) is 5.73 Å². The van der Waals surface area contributed by atoms with Crippen LogP contribution in [-0.4, -0.2) is 20.4 Å². The monoisotopic (exact) mass is 274 g/mol. The lowest BCUT2D eigenvalue weighted by atomic mass is 10.3. The summed E-state index contributed by atoms with van der Waals surface area (Å²) in [4.78, 5) is 12.0. The van der Waals surface area contributed by atoms with E-state index in [0.717, 1.165) is 27.6 Å². The summed E-state index contributed by atoms with van der Waals surface area (Å²) in [5, 5.41) is 0.903. The number of fused-ring (bicyclic) bond motifs is 1. The maximum Gasteiger partial charge on any atom is 0.166 e. The average Bonchev–Trinajstić information content (AvgIpc) is 2.79. The molecule has 0 aliphatic heterocycles. The van der Waals surface area contributed by atoms with E-state index in [2.05, 4.69) is 15.0 Å². The van der Waals surface area contributed by atoms with Crippen LogP contribution in [-0.2, 0) is 5.75 Å². The van der Waals surface area contributed by atoms with Crippen molar-refractivity contribution in [3.05, 3.63) is 48.2 Å². The molecule has 0 amide bonds. The third kappa shape index (κ3) is 3.04. The molecule has 0 saturated heterocycles. The van der Waals surface area contributed by atoms with Gasteiger partial charge in [0, 0.05) is 5.75 Å². The highest BCUT2D eigenvalue weighted by molar-refractivity contribution is 7.98. The molecule has 6 heteroatoms. The first-order valence-electron chi connectivity index (χ1n) is 5.60. The van der Waals surface area contributed by atoms with Gasteiger partial charge in [-0.3, -0.25) is 0 Å². The van der Waals surface area contributed by atoms with Crippen LogP contribution in [0.25, 0.3) is 11.0 Å². The summed E-state index contributed by atoms with van der Waals surface area (Å²) in [7, 11) is 0. The summed E-state index contributed by atoms with van der Waals surface area (Å²) in [6.07, 6.45) is 0. The molecule has 0 unspecified atom stereocenters. The number of thioether (sulfide) groups is 1. The number of benzene rings is 1. The maximum atomic E-state index is 5.65. The number of nitrogens with two attached hydrogens (primary N) is 1. The van der Waals surface area contributed by atoms with E-state index < -0.39 is 0 Å². The van der Waals surface area contributed by atoms with Gasteiger partial charge in [0.15, 0.2) is 5.16 Å². The minimum atomic E-state index is 0. The first kappa shape index (κ1) is 13.4. The van der Waals surface area contributed by atoms with E-state index in [1.54, 1.807) is 17.8 Å². The van der Waals surface area contributed by atoms with Crippen molar-refractivity contribution in [2.24, 2.45) is 0 Å². The molecule has 5 nitrogen and oxygen atoms in total. The first-order chi connectivity index (χ1) is 8.81. The number of imidazole rings is 1. The number of para-hydroxylation sites is 2. The van der Waals surface area contributed by atoms with Crippen LogP contribution < -0.4 is 5.73 Å². The molecule has 5 N–H and O–H groups in total. The number of H-pyrrole nitrogens is 1. The number of hydrogen-bond acceptors (Lipinski definition) is 4. The molecule has 2 heterocycles. The lowest BCUT2D eigenvalue weighted by molar-refractivity contribution is 0.824. The van der Waals surface area contributed by atoms with Gasteiger partial charge in [-0.2, -0.15) is 0 Å². The minimum Gasteiger partial charge on any atom is -0.412 e. The van der Waals surface area contributed by atoms with Crippen molar-refractivity contribution in [3.63, 3.8) is 0 Å². The van der Waals surface area contributed by atoms with Crippen LogP contribution in [0.5, 0.6) is 0 Å². The molecule has 0 aliphatic carbocycles. The van der Waals surface area contributed by atoms with Crippen LogP contribution in [0.1, 0.15) is 5.69 Å². The van der Waals surface area contributed by atoms with Gasteiger partial charge in [-0.25, -0.2) is 9.97 Å². The molecule has 0 atom stereocenters. The van der Waals surface area contributed by atoms with Crippen LogP contribution in [0.4, 0.5) is 5.82 Å². The molecule has 19 heavy (non-hydrogen) atoms. The van der Waals surface area contributed by atoms with Gasteiger partial charge in [0.05, 0.1) is 16.7 Å². The smallest absolute Gasteiger partial charge is 0.166 e. The molecule has 3 aromatic rings. The van der Waals surface area contributed by atoms with E-state index in [9.17, 15) is 0 Å². The number of anilines is 1. The van der Waals surface area contributed by atoms with Crippen molar-refractivity contribution in [1.82, 2.24) is 15.0 Å². The van der Waals surface area contributed by atoms with Crippen LogP contribution in [0.3, 0.4) is 0 Å². The van der Waals surface area contributed by atoms with Gasteiger partial charge in [0.2, 0.25) is 0 Å². The Bertz CT molecular complexity index is 650. The molecule has 0 saturated carbocycles. The van der Waals surface area contributed by atoms with Crippen LogP contribution >= 0.6 is 11.8 Å². The third-order valence-corrected chi connectivity index (χ3v) is 3.46. The molecule has 0 aliphatic rings. The Morgan fingerprint density at radius 2 is 1.89 bits per heavy atom. The zero-order valence-corrected chi connectivity index (χ0v) is 10.9. The number of rotatable bonds is 3. The van der Waals surface area contributed by atoms with Crippen molar-refractivity contribution in [2.45, 2.75) is 10.9 Å². The highest BCUT2D eigenvalue weighted by atomic mass is 32.2. The average molecular weight is 274 g/mol. The number of nitrogens with zero attached hydrogens (tertiary/aromatic N) is 2. The van der Waals surface area contributed by atoms with E-state index in [-0.39, 0.29) is 5.48 Å². The normalized spacial score (nSPS) is 10.3. The molecule has 0 radical (unpaired) electrons. The Morgan fingerprint density at radius 3 is 2.68 bits per heavy atom. The molecular weight excluding hydrogens is 260 g/mol. The number of nitrogens with one attached hydrogen (secondary N) is 1. The molecule has 3 rings (SSSR count). The highest BCUT2D eigenvalue weighted by Crippen LogP contribution is 2.22. The fraction of sp³-hybridized carbons (Fsp3) is 0.0769. The summed E-state index contributed by atoms with van der Waals surface area (Å²) in [5.41, 5.74) is 8.65. The minimum absolute atomic E-state index is 0. The quantitative estimate of drug-likeness (QED) is 0.713. The van der Waals surface area contributed by atoms with Gasteiger partial charge in [0.25, 0.3) is 0 Å². The van der Waals surface area contributed by atoms with E-state index in [1.807, 2.05) is 36.4 Å². The zero-order valence-electron chi connectivity index (χ0n) is 10.1. The highest BCUT2D eigenvalue weighted by Gasteiger charge is 2.03. The van der Waals surface area contributed by atoms with Crippen LogP contribution in [0.15, 0.2) is 47.6 Å². The van der Waals surface area contributed by atoms with Gasteiger partial charge >= 0.3 is 0 Å².